The van der Waals surface area contributed by atoms with Gasteiger partial charge in [-0.1, -0.05) is 32.1 Å². The number of rotatable bonds is 9. The van der Waals surface area contributed by atoms with Crippen molar-refractivity contribution in [1.29, 1.82) is 0 Å². The van der Waals surface area contributed by atoms with Crippen LogP contribution >= 0.6 is 0 Å². The molecule has 198 valence electrons. The minimum atomic E-state index is -1.28. The number of ether oxygens (including phenoxy) is 1. The summed E-state index contributed by atoms with van der Waals surface area (Å²) < 4.78 is 21.0. The van der Waals surface area contributed by atoms with Crippen molar-refractivity contribution >= 4 is 23.6 Å². The van der Waals surface area contributed by atoms with E-state index < -0.39 is 23.6 Å². The molecule has 1 atom stereocenters. The molecule has 0 aliphatic carbocycles. The van der Waals surface area contributed by atoms with Gasteiger partial charge in [-0.15, -0.1) is 0 Å². The number of carboxylic acids is 1. The molecule has 0 unspecified atom stereocenters. The van der Waals surface area contributed by atoms with Crippen LogP contribution in [0.15, 0.2) is 30.3 Å². The zero-order chi connectivity index (χ0) is 27.5. The minimum absolute atomic E-state index is 0.130. The van der Waals surface area contributed by atoms with E-state index in [-0.39, 0.29) is 18.1 Å². The molecule has 2 N–H and O–H groups in total. The summed E-state index contributed by atoms with van der Waals surface area (Å²) in [6.07, 6.45) is 3.26. The van der Waals surface area contributed by atoms with Crippen LogP contribution in [-0.2, 0) is 16.1 Å². The average Bonchev–Trinajstić information content (AvgIpc) is 3.21. The fourth-order valence-electron chi connectivity index (χ4n) is 3.88. The Labute approximate surface area is 216 Å². The quantitative estimate of drug-likeness (QED) is 0.398. The van der Waals surface area contributed by atoms with Gasteiger partial charge in [-0.3, -0.25) is 4.79 Å². The van der Waals surface area contributed by atoms with Crippen molar-refractivity contribution in [2.75, 3.05) is 0 Å². The number of hydrogen-bond donors (Lipinski definition) is 2. The molecule has 2 heterocycles. The van der Waals surface area contributed by atoms with Crippen molar-refractivity contribution < 1.29 is 23.8 Å². The number of carbonyl (C=O) groups is 2. The van der Waals surface area contributed by atoms with Crippen LogP contribution in [0.5, 0.6) is 0 Å². The number of fused-ring (bicyclic) bond motifs is 1. The Bertz CT molecular complexity index is 1340. The molecule has 0 aliphatic rings. The van der Waals surface area contributed by atoms with Crippen LogP contribution in [0.1, 0.15) is 85.7 Å². The monoisotopic (exact) mass is 510 g/mol. The first-order valence-corrected chi connectivity index (χ1v) is 12.3. The Hall–Kier alpha value is -3.59. The number of nitrogens with one attached hydrogen (secondary N) is 1. The van der Waals surface area contributed by atoms with Crippen LogP contribution in [0.3, 0.4) is 0 Å². The zero-order valence-electron chi connectivity index (χ0n) is 22.4. The minimum Gasteiger partial charge on any atom is -0.479 e. The van der Waals surface area contributed by atoms with E-state index in [9.17, 15) is 19.1 Å². The SMILES string of the molecule is Cc1cc(CNC(=O)c2cc3nc(C)c([C@H](OC(C)(C)C)C(=O)O)c(C=CCC(C)C)n3n2)ccc1F. The molecular weight excluding hydrogens is 475 g/mol. The maximum atomic E-state index is 13.6. The summed E-state index contributed by atoms with van der Waals surface area (Å²) in [7, 11) is 0. The molecule has 0 radical (unpaired) electrons. The zero-order valence-corrected chi connectivity index (χ0v) is 22.4. The summed E-state index contributed by atoms with van der Waals surface area (Å²) in [5.74, 6) is -1.48. The van der Waals surface area contributed by atoms with Gasteiger partial charge >= 0.3 is 5.97 Å². The van der Waals surface area contributed by atoms with E-state index in [4.69, 9.17) is 4.74 Å². The molecule has 0 spiro atoms. The molecule has 8 nitrogen and oxygen atoms in total. The van der Waals surface area contributed by atoms with Crippen LogP contribution < -0.4 is 5.32 Å². The molecule has 2 aromatic heterocycles. The highest BCUT2D eigenvalue weighted by molar-refractivity contribution is 5.93. The van der Waals surface area contributed by atoms with Gasteiger partial charge in [0, 0.05) is 23.9 Å². The van der Waals surface area contributed by atoms with E-state index in [2.05, 4.69) is 29.2 Å². The summed E-state index contributed by atoms with van der Waals surface area (Å²) in [4.78, 5) is 29.8. The summed E-state index contributed by atoms with van der Waals surface area (Å²) in [5, 5.41) is 17.3. The second kappa shape index (κ2) is 11.2. The largest absolute Gasteiger partial charge is 0.479 e. The summed E-state index contributed by atoms with van der Waals surface area (Å²) in [5.41, 5.74) is 2.42. The summed E-state index contributed by atoms with van der Waals surface area (Å²) in [6.45, 7) is 13.1. The number of halogens is 1. The lowest BCUT2D eigenvalue weighted by Gasteiger charge is -2.27. The first-order valence-electron chi connectivity index (χ1n) is 12.3. The van der Waals surface area contributed by atoms with Gasteiger partial charge in [-0.2, -0.15) is 5.10 Å². The van der Waals surface area contributed by atoms with E-state index in [0.29, 0.717) is 34.1 Å². The van der Waals surface area contributed by atoms with Crippen molar-refractivity contribution in [2.24, 2.45) is 5.92 Å². The number of aryl methyl sites for hydroxylation is 2. The molecule has 3 rings (SSSR count). The average molecular weight is 511 g/mol. The molecule has 1 amide bonds. The molecule has 3 aromatic rings. The van der Waals surface area contributed by atoms with Crippen molar-refractivity contribution in [3.05, 3.63) is 69.9 Å². The summed E-state index contributed by atoms with van der Waals surface area (Å²) >= 11 is 0. The second-order valence-corrected chi connectivity index (χ2v) is 10.5. The van der Waals surface area contributed by atoms with Gasteiger partial charge in [0.2, 0.25) is 0 Å². The fraction of sp³-hybridized carbons (Fsp3) is 0.429. The third-order valence-electron chi connectivity index (χ3n) is 5.62. The van der Waals surface area contributed by atoms with E-state index in [1.54, 1.807) is 52.8 Å². The Balaban J connectivity index is 2.05. The predicted molar refractivity (Wildman–Crippen MR) is 140 cm³/mol. The Kier molecular flexibility index (Phi) is 8.48. The topological polar surface area (TPSA) is 106 Å². The van der Waals surface area contributed by atoms with Crippen molar-refractivity contribution in [3.63, 3.8) is 0 Å². The molecule has 0 saturated carbocycles. The molecule has 0 aliphatic heterocycles. The molecule has 9 heteroatoms. The van der Waals surface area contributed by atoms with Crippen LogP contribution in [0.2, 0.25) is 0 Å². The Morgan fingerprint density at radius 2 is 1.92 bits per heavy atom. The maximum absolute atomic E-state index is 13.6. The van der Waals surface area contributed by atoms with E-state index >= 15 is 0 Å². The van der Waals surface area contributed by atoms with Gasteiger partial charge in [0.25, 0.3) is 5.91 Å². The van der Waals surface area contributed by atoms with Crippen LogP contribution in [0.4, 0.5) is 4.39 Å². The predicted octanol–water partition coefficient (Wildman–Crippen LogP) is 5.42. The van der Waals surface area contributed by atoms with Gasteiger partial charge in [0.15, 0.2) is 17.4 Å². The van der Waals surface area contributed by atoms with E-state index in [1.807, 2.05) is 12.2 Å². The normalized spacial score (nSPS) is 13.0. The standard InChI is InChI=1S/C28H35FN4O4/c1-16(2)9-8-10-22-24(25(27(35)36)37-28(5,6)7)18(4)31-23-14-21(32-33(22)23)26(34)30-15-19-11-12-20(29)17(3)13-19/h8,10-14,16,25H,9,15H2,1-7H3,(H,30,34)(H,35,36)/t25-/m0/s1. The highest BCUT2D eigenvalue weighted by Crippen LogP contribution is 2.31. The third kappa shape index (κ3) is 7.01. The molecule has 37 heavy (non-hydrogen) atoms. The van der Waals surface area contributed by atoms with Crippen molar-refractivity contribution in [3.8, 4) is 0 Å². The van der Waals surface area contributed by atoms with Crippen molar-refractivity contribution in [2.45, 2.75) is 73.1 Å². The van der Waals surface area contributed by atoms with Gasteiger partial charge in [-0.05, 0) is 70.2 Å². The Morgan fingerprint density at radius 1 is 1.22 bits per heavy atom. The molecule has 0 bridgehead atoms. The van der Waals surface area contributed by atoms with Crippen LogP contribution in [0, 0.1) is 25.6 Å². The van der Waals surface area contributed by atoms with Crippen LogP contribution in [-0.4, -0.2) is 37.2 Å². The fourth-order valence-corrected chi connectivity index (χ4v) is 3.88. The lowest BCUT2D eigenvalue weighted by molar-refractivity contribution is -0.160. The first-order chi connectivity index (χ1) is 17.3. The number of nitrogens with zero attached hydrogens (tertiary/aromatic N) is 3. The highest BCUT2D eigenvalue weighted by atomic mass is 19.1. The van der Waals surface area contributed by atoms with E-state index in [1.165, 1.54) is 10.6 Å². The maximum Gasteiger partial charge on any atom is 0.337 e. The number of allylic oxidation sites excluding steroid dienone is 1. The van der Waals surface area contributed by atoms with Crippen LogP contribution in [0.25, 0.3) is 11.7 Å². The van der Waals surface area contributed by atoms with Gasteiger partial charge in [0.05, 0.1) is 11.3 Å². The van der Waals surface area contributed by atoms with Crippen molar-refractivity contribution in [1.82, 2.24) is 19.9 Å². The third-order valence-corrected chi connectivity index (χ3v) is 5.62. The number of aliphatic carboxylic acids is 1. The Morgan fingerprint density at radius 3 is 2.51 bits per heavy atom. The molecule has 0 fully saturated rings. The number of amides is 1. The van der Waals surface area contributed by atoms with Gasteiger partial charge in [0.1, 0.15) is 5.82 Å². The lowest BCUT2D eigenvalue weighted by atomic mass is 10.0. The number of benzene rings is 1. The van der Waals surface area contributed by atoms with Gasteiger partial charge in [-0.25, -0.2) is 18.7 Å². The van der Waals surface area contributed by atoms with E-state index in [0.717, 1.165) is 12.0 Å². The summed E-state index contributed by atoms with van der Waals surface area (Å²) in [6, 6.07) is 6.21. The molecule has 0 saturated heterocycles. The lowest BCUT2D eigenvalue weighted by Crippen LogP contribution is -2.29. The first kappa shape index (κ1) is 28.0. The smallest absolute Gasteiger partial charge is 0.337 e. The molecular formula is C28H35FN4O4. The molecule has 1 aromatic carbocycles. The highest BCUT2D eigenvalue weighted by Gasteiger charge is 2.32. The second-order valence-electron chi connectivity index (χ2n) is 10.5. The van der Waals surface area contributed by atoms with Gasteiger partial charge < -0.3 is 15.2 Å². The number of carboxylic acid groups (broad SMARTS) is 1. The number of aromatic nitrogens is 3. The number of hydrogen-bond acceptors (Lipinski definition) is 5. The number of carbonyl (C=O) groups excluding carboxylic acids is 1.